The Hall–Kier alpha value is -2.74. The summed E-state index contributed by atoms with van der Waals surface area (Å²) in [6, 6.07) is 6.48. The number of hydrogen-bond acceptors (Lipinski definition) is 5. The van der Waals surface area contributed by atoms with E-state index in [-0.39, 0.29) is 23.4 Å². The summed E-state index contributed by atoms with van der Waals surface area (Å²) in [4.78, 5) is 17.6. The Morgan fingerprint density at radius 2 is 1.61 bits per heavy atom. The number of rotatable bonds is 4. The summed E-state index contributed by atoms with van der Waals surface area (Å²) in [5.41, 5.74) is -3.08. The zero-order valence-electron chi connectivity index (χ0n) is 18.4. The van der Waals surface area contributed by atoms with Crippen molar-refractivity contribution in [2.24, 2.45) is 4.99 Å². The fourth-order valence-corrected chi connectivity index (χ4v) is 7.94. The minimum atomic E-state index is -5.09. The molecule has 0 bridgehead atoms. The first-order valence-electron chi connectivity index (χ1n) is 10.4. The number of aliphatic imine (C=N–C) groups is 1. The number of thioether (sulfide) groups is 1. The maximum Gasteiger partial charge on any atom is 0.416 e. The van der Waals surface area contributed by atoms with Crippen molar-refractivity contribution in [2.45, 2.75) is 30.1 Å². The number of fused-ring (bicyclic) bond motifs is 1. The van der Waals surface area contributed by atoms with Crippen molar-refractivity contribution >= 4 is 38.4 Å². The standard InChI is InChI=1S/C22H18F6N2O4S2/c1-34-16-4-2-12(3-5-16)6-19(31)29-20-30(17-10-36(32,33)11-18(17)35-20)15-8-13(21(23,24)25)7-14(9-15)22(26,27)28/h2-5,7-9,17-18H,6,10-11H2,1H3/t17-,18-/m1/s1. The van der Waals surface area contributed by atoms with Crippen LogP contribution in [0.2, 0.25) is 0 Å². The molecule has 0 saturated carbocycles. The summed E-state index contributed by atoms with van der Waals surface area (Å²) in [5.74, 6) is -0.976. The van der Waals surface area contributed by atoms with E-state index in [1.807, 2.05) is 0 Å². The molecule has 4 rings (SSSR count). The van der Waals surface area contributed by atoms with E-state index in [9.17, 15) is 39.6 Å². The van der Waals surface area contributed by atoms with Gasteiger partial charge >= 0.3 is 12.4 Å². The van der Waals surface area contributed by atoms with Crippen molar-refractivity contribution in [3.8, 4) is 5.75 Å². The highest BCUT2D eigenvalue weighted by Crippen LogP contribution is 2.44. The third kappa shape index (κ3) is 5.64. The quantitative estimate of drug-likeness (QED) is 0.518. The highest BCUT2D eigenvalue weighted by Gasteiger charge is 2.50. The van der Waals surface area contributed by atoms with Gasteiger partial charge in [-0.1, -0.05) is 23.9 Å². The van der Waals surface area contributed by atoms with Crippen LogP contribution in [0.5, 0.6) is 5.75 Å². The molecular weight excluding hydrogens is 534 g/mol. The van der Waals surface area contributed by atoms with Gasteiger partial charge in [-0.3, -0.25) is 4.79 Å². The van der Waals surface area contributed by atoms with Gasteiger partial charge in [0.1, 0.15) is 5.75 Å². The minimum absolute atomic E-state index is 0.0127. The second kappa shape index (κ2) is 9.29. The normalized spacial score (nSPS) is 22.6. The largest absolute Gasteiger partial charge is 0.497 e. The van der Waals surface area contributed by atoms with Crippen LogP contribution in [0.4, 0.5) is 32.0 Å². The number of amidine groups is 1. The van der Waals surface area contributed by atoms with Crippen molar-refractivity contribution in [2.75, 3.05) is 23.5 Å². The number of sulfone groups is 1. The van der Waals surface area contributed by atoms with Crippen molar-refractivity contribution in [1.82, 2.24) is 0 Å². The number of alkyl halides is 6. The summed E-state index contributed by atoms with van der Waals surface area (Å²) in [5, 5.41) is -0.850. The highest BCUT2D eigenvalue weighted by atomic mass is 32.2. The van der Waals surface area contributed by atoms with E-state index >= 15 is 0 Å². The molecular formula is C22H18F6N2O4S2. The van der Waals surface area contributed by atoms with Crippen molar-refractivity contribution in [3.05, 3.63) is 59.2 Å². The fraction of sp³-hybridized carbons (Fsp3) is 0.364. The Morgan fingerprint density at radius 1 is 1.03 bits per heavy atom. The summed E-state index contributed by atoms with van der Waals surface area (Å²) >= 11 is 0.852. The molecule has 2 fully saturated rings. The van der Waals surface area contributed by atoms with Gasteiger partial charge in [0, 0.05) is 10.9 Å². The summed E-state index contributed by atoms with van der Waals surface area (Å²) in [6.45, 7) is 0. The van der Waals surface area contributed by atoms with Gasteiger partial charge in [-0.2, -0.15) is 31.3 Å². The van der Waals surface area contributed by atoms with Gasteiger partial charge in [-0.25, -0.2) is 8.42 Å². The average molecular weight is 553 g/mol. The molecule has 6 nitrogen and oxygen atoms in total. The van der Waals surface area contributed by atoms with E-state index in [1.165, 1.54) is 7.11 Å². The SMILES string of the molecule is COc1ccc(CC(=O)N=C2S[C@@H]3CS(=O)(=O)C[C@H]3N2c2cc(C(F)(F)F)cc(C(F)(F)F)c2)cc1. The summed E-state index contributed by atoms with van der Waals surface area (Å²) in [7, 11) is -2.12. The van der Waals surface area contributed by atoms with Crippen molar-refractivity contribution in [1.29, 1.82) is 0 Å². The number of amides is 1. The lowest BCUT2D eigenvalue weighted by Gasteiger charge is -2.26. The minimum Gasteiger partial charge on any atom is -0.497 e. The van der Waals surface area contributed by atoms with Gasteiger partial charge in [0.05, 0.1) is 42.2 Å². The topological polar surface area (TPSA) is 76.0 Å². The number of ether oxygens (including phenoxy) is 1. The van der Waals surface area contributed by atoms with Gasteiger partial charge in [0.2, 0.25) is 0 Å². The van der Waals surface area contributed by atoms with Crippen LogP contribution in [-0.4, -0.2) is 49.4 Å². The lowest BCUT2D eigenvalue weighted by Crippen LogP contribution is -2.38. The Kier molecular flexibility index (Phi) is 6.79. The summed E-state index contributed by atoms with van der Waals surface area (Å²) in [6.07, 6.45) is -10.4. The molecule has 2 heterocycles. The second-order valence-corrected chi connectivity index (χ2v) is 11.6. The molecule has 36 heavy (non-hydrogen) atoms. The van der Waals surface area contributed by atoms with Crippen LogP contribution in [0.1, 0.15) is 16.7 Å². The predicted molar refractivity (Wildman–Crippen MR) is 122 cm³/mol. The van der Waals surface area contributed by atoms with Gasteiger partial charge in [0.15, 0.2) is 15.0 Å². The zero-order valence-corrected chi connectivity index (χ0v) is 20.1. The molecule has 0 spiro atoms. The molecule has 2 aromatic carbocycles. The lowest BCUT2D eigenvalue weighted by atomic mass is 10.1. The second-order valence-electron chi connectivity index (χ2n) is 8.25. The van der Waals surface area contributed by atoms with E-state index in [1.54, 1.807) is 24.3 Å². The third-order valence-corrected chi connectivity index (χ3v) is 8.86. The molecule has 2 aliphatic heterocycles. The molecule has 14 heteroatoms. The van der Waals surface area contributed by atoms with Crippen LogP contribution in [0, 0.1) is 0 Å². The molecule has 0 radical (unpaired) electrons. The molecule has 2 saturated heterocycles. The first-order valence-corrected chi connectivity index (χ1v) is 13.1. The number of carbonyl (C=O) groups excluding carboxylic acids is 1. The number of hydrogen-bond donors (Lipinski definition) is 0. The number of carbonyl (C=O) groups is 1. The molecule has 194 valence electrons. The van der Waals surface area contributed by atoms with E-state index in [0.717, 1.165) is 16.7 Å². The molecule has 2 aromatic rings. The van der Waals surface area contributed by atoms with Crippen molar-refractivity contribution in [3.63, 3.8) is 0 Å². The summed E-state index contributed by atoms with van der Waals surface area (Å²) < 4.78 is 110. The Bertz CT molecular complexity index is 1280. The van der Waals surface area contributed by atoms with Gasteiger partial charge < -0.3 is 9.64 Å². The van der Waals surface area contributed by atoms with E-state index in [0.29, 0.717) is 23.4 Å². The molecule has 1 amide bonds. The van der Waals surface area contributed by atoms with Crippen LogP contribution < -0.4 is 9.64 Å². The van der Waals surface area contributed by atoms with Gasteiger partial charge in [-0.15, -0.1) is 0 Å². The number of methoxy groups -OCH3 is 1. The number of nitrogens with zero attached hydrogens (tertiary/aromatic N) is 2. The Balaban J connectivity index is 1.75. The predicted octanol–water partition coefficient (Wildman–Crippen LogP) is 4.58. The Morgan fingerprint density at radius 3 is 2.14 bits per heavy atom. The number of halogens is 6. The lowest BCUT2D eigenvalue weighted by molar-refractivity contribution is -0.143. The monoisotopic (exact) mass is 552 g/mol. The molecule has 0 aromatic heterocycles. The fourth-order valence-electron chi connectivity index (χ4n) is 4.01. The van der Waals surface area contributed by atoms with Gasteiger partial charge in [-0.05, 0) is 35.9 Å². The maximum absolute atomic E-state index is 13.4. The maximum atomic E-state index is 13.4. The van der Waals surface area contributed by atoms with Crippen LogP contribution >= 0.6 is 11.8 Å². The van der Waals surface area contributed by atoms with E-state index < -0.39 is 62.0 Å². The van der Waals surface area contributed by atoms with E-state index in [2.05, 4.69) is 4.99 Å². The molecule has 0 unspecified atom stereocenters. The van der Waals surface area contributed by atoms with Crippen LogP contribution in [0.15, 0.2) is 47.5 Å². The highest BCUT2D eigenvalue weighted by molar-refractivity contribution is 8.16. The Labute approximate surface area is 206 Å². The molecule has 0 N–H and O–H groups in total. The number of anilines is 1. The van der Waals surface area contributed by atoms with Gasteiger partial charge in [0.25, 0.3) is 5.91 Å². The number of benzene rings is 2. The van der Waals surface area contributed by atoms with Crippen molar-refractivity contribution < 1.29 is 44.3 Å². The van der Waals surface area contributed by atoms with Crippen LogP contribution in [0.25, 0.3) is 0 Å². The third-order valence-electron chi connectivity index (χ3n) is 5.65. The first-order chi connectivity index (χ1) is 16.7. The molecule has 2 atom stereocenters. The van der Waals surface area contributed by atoms with Crippen LogP contribution in [0.3, 0.4) is 0 Å². The molecule has 2 aliphatic rings. The zero-order chi connectivity index (χ0) is 26.5. The average Bonchev–Trinajstić information content (AvgIpc) is 3.23. The first kappa shape index (κ1) is 26.3. The van der Waals surface area contributed by atoms with Crippen LogP contribution in [-0.2, 0) is 33.4 Å². The molecule has 0 aliphatic carbocycles. The smallest absolute Gasteiger partial charge is 0.416 e. The van der Waals surface area contributed by atoms with E-state index in [4.69, 9.17) is 4.74 Å².